The highest BCUT2D eigenvalue weighted by molar-refractivity contribution is 7.20. The molecule has 3 aromatic rings. The van der Waals surface area contributed by atoms with Gasteiger partial charge < -0.3 is 9.88 Å². The second kappa shape index (κ2) is 6.91. The van der Waals surface area contributed by atoms with Crippen molar-refractivity contribution < 1.29 is 4.79 Å². The quantitative estimate of drug-likeness (QED) is 0.673. The summed E-state index contributed by atoms with van der Waals surface area (Å²) < 4.78 is 3.10. The lowest BCUT2D eigenvalue weighted by Crippen LogP contribution is -2.25. The standard InChI is InChI=1S/C16H15Cl2N3OS/c1-10-20-12-5-2-3-6-13(12)21(10)8-4-7-19-16(22)11-9-14(17)23-15(11)18/h2-3,5-6,9H,4,7-8H2,1H3,(H,19,22). The number of thiophene rings is 1. The summed E-state index contributed by atoms with van der Waals surface area (Å²) >= 11 is 13.0. The summed E-state index contributed by atoms with van der Waals surface area (Å²) in [7, 11) is 0. The van der Waals surface area contributed by atoms with E-state index in [0.717, 1.165) is 29.8 Å². The third-order valence-corrected chi connectivity index (χ3v) is 5.08. The minimum Gasteiger partial charge on any atom is -0.352 e. The molecule has 0 unspecified atom stereocenters. The van der Waals surface area contributed by atoms with Crippen LogP contribution in [0.15, 0.2) is 30.3 Å². The van der Waals surface area contributed by atoms with Gasteiger partial charge in [0, 0.05) is 13.1 Å². The zero-order valence-electron chi connectivity index (χ0n) is 12.5. The van der Waals surface area contributed by atoms with E-state index in [1.165, 1.54) is 11.3 Å². The Hall–Kier alpha value is -1.56. The summed E-state index contributed by atoms with van der Waals surface area (Å²) in [5.74, 6) is 0.788. The maximum Gasteiger partial charge on any atom is 0.253 e. The topological polar surface area (TPSA) is 46.9 Å². The number of halogens is 2. The van der Waals surface area contributed by atoms with Crippen LogP contribution in [0.5, 0.6) is 0 Å². The second-order valence-corrected chi connectivity index (χ2v) is 7.43. The van der Waals surface area contributed by atoms with Crippen molar-refractivity contribution in [2.45, 2.75) is 19.9 Å². The monoisotopic (exact) mass is 367 g/mol. The molecule has 0 fully saturated rings. The van der Waals surface area contributed by atoms with Crippen LogP contribution in [0.1, 0.15) is 22.6 Å². The fourth-order valence-corrected chi connectivity index (χ4v) is 3.97. The molecule has 0 saturated carbocycles. The van der Waals surface area contributed by atoms with Gasteiger partial charge in [-0.15, -0.1) is 11.3 Å². The van der Waals surface area contributed by atoms with Gasteiger partial charge in [-0.25, -0.2) is 4.98 Å². The lowest BCUT2D eigenvalue weighted by atomic mass is 10.3. The van der Waals surface area contributed by atoms with Gasteiger partial charge in [-0.05, 0) is 31.5 Å². The molecule has 0 saturated heterocycles. The van der Waals surface area contributed by atoms with Crippen molar-refractivity contribution in [3.8, 4) is 0 Å². The maximum absolute atomic E-state index is 12.1. The van der Waals surface area contributed by atoms with Gasteiger partial charge in [-0.2, -0.15) is 0 Å². The molecule has 3 rings (SSSR count). The van der Waals surface area contributed by atoms with Gasteiger partial charge in [0.1, 0.15) is 10.2 Å². The molecule has 23 heavy (non-hydrogen) atoms. The molecule has 7 heteroatoms. The first kappa shape index (κ1) is 16.3. The number of benzene rings is 1. The van der Waals surface area contributed by atoms with Crippen LogP contribution in [0.3, 0.4) is 0 Å². The first-order valence-corrected chi connectivity index (χ1v) is 8.78. The molecule has 1 N–H and O–H groups in total. The Labute approximate surface area is 148 Å². The van der Waals surface area contributed by atoms with Crippen molar-refractivity contribution in [3.05, 3.63) is 50.4 Å². The Kier molecular flexibility index (Phi) is 4.90. The van der Waals surface area contributed by atoms with Crippen LogP contribution >= 0.6 is 34.5 Å². The first-order chi connectivity index (χ1) is 11.1. The highest BCUT2D eigenvalue weighted by Crippen LogP contribution is 2.30. The van der Waals surface area contributed by atoms with E-state index in [9.17, 15) is 4.79 Å². The number of aryl methyl sites for hydroxylation is 2. The van der Waals surface area contributed by atoms with Gasteiger partial charge in [0.05, 0.1) is 20.9 Å². The summed E-state index contributed by atoms with van der Waals surface area (Å²) in [5, 5.41) is 2.87. The van der Waals surface area contributed by atoms with Crippen molar-refractivity contribution >= 4 is 51.5 Å². The Bertz CT molecular complexity index is 856. The predicted octanol–water partition coefficient (Wildman–Crippen LogP) is 4.53. The van der Waals surface area contributed by atoms with Gasteiger partial charge >= 0.3 is 0 Å². The van der Waals surface area contributed by atoms with Crippen LogP contribution in [-0.4, -0.2) is 22.0 Å². The molecule has 0 aliphatic heterocycles. The molecule has 4 nitrogen and oxygen atoms in total. The SMILES string of the molecule is Cc1nc2ccccc2n1CCCNC(=O)c1cc(Cl)sc1Cl. The van der Waals surface area contributed by atoms with Crippen molar-refractivity contribution in [1.82, 2.24) is 14.9 Å². The predicted molar refractivity (Wildman–Crippen MR) is 95.8 cm³/mol. The molecule has 0 aliphatic carbocycles. The molecule has 0 radical (unpaired) electrons. The van der Waals surface area contributed by atoms with Gasteiger partial charge in [0.25, 0.3) is 5.91 Å². The number of hydrogen-bond acceptors (Lipinski definition) is 3. The lowest BCUT2D eigenvalue weighted by molar-refractivity contribution is 0.0953. The Balaban J connectivity index is 1.58. The summed E-state index contributed by atoms with van der Waals surface area (Å²) in [6, 6.07) is 9.64. The van der Waals surface area contributed by atoms with E-state index in [0.29, 0.717) is 20.8 Å². The van der Waals surface area contributed by atoms with Crippen LogP contribution < -0.4 is 5.32 Å². The van der Waals surface area contributed by atoms with E-state index < -0.39 is 0 Å². The molecule has 2 heterocycles. The largest absolute Gasteiger partial charge is 0.352 e. The smallest absolute Gasteiger partial charge is 0.253 e. The fourth-order valence-electron chi connectivity index (χ4n) is 2.51. The molecule has 0 bridgehead atoms. The number of hydrogen-bond donors (Lipinski definition) is 1. The highest BCUT2D eigenvalue weighted by atomic mass is 35.5. The number of nitrogens with zero attached hydrogens (tertiary/aromatic N) is 2. The molecule has 120 valence electrons. The average Bonchev–Trinajstić information content (AvgIpc) is 3.02. The summed E-state index contributed by atoms with van der Waals surface area (Å²) in [6.45, 7) is 3.35. The number of fused-ring (bicyclic) bond motifs is 1. The average molecular weight is 368 g/mol. The zero-order chi connectivity index (χ0) is 16.4. The van der Waals surface area contributed by atoms with Gasteiger partial charge in [-0.3, -0.25) is 4.79 Å². The maximum atomic E-state index is 12.1. The van der Waals surface area contributed by atoms with Crippen LogP contribution in [0.4, 0.5) is 0 Å². The molecule has 0 atom stereocenters. The number of imidazole rings is 1. The van der Waals surface area contributed by atoms with E-state index in [1.54, 1.807) is 6.07 Å². The molecular formula is C16H15Cl2N3OS. The Morgan fingerprint density at radius 1 is 1.35 bits per heavy atom. The zero-order valence-corrected chi connectivity index (χ0v) is 14.8. The van der Waals surface area contributed by atoms with Crippen molar-refractivity contribution in [2.24, 2.45) is 0 Å². The van der Waals surface area contributed by atoms with Crippen molar-refractivity contribution in [3.63, 3.8) is 0 Å². The van der Waals surface area contributed by atoms with E-state index >= 15 is 0 Å². The van der Waals surface area contributed by atoms with Crippen molar-refractivity contribution in [1.29, 1.82) is 0 Å². The minimum atomic E-state index is -0.189. The number of para-hydroxylation sites is 2. The normalized spacial score (nSPS) is 11.1. The fraction of sp³-hybridized carbons (Fsp3) is 0.250. The number of carbonyl (C=O) groups excluding carboxylic acids is 1. The van der Waals surface area contributed by atoms with Crippen LogP contribution in [-0.2, 0) is 6.54 Å². The summed E-state index contributed by atoms with van der Waals surface area (Å²) in [5.41, 5.74) is 2.55. The molecule has 1 aromatic carbocycles. The number of aromatic nitrogens is 2. The van der Waals surface area contributed by atoms with Crippen LogP contribution in [0.2, 0.25) is 8.67 Å². The molecule has 1 amide bonds. The van der Waals surface area contributed by atoms with Gasteiger partial charge in [0.2, 0.25) is 0 Å². The van der Waals surface area contributed by atoms with Crippen LogP contribution in [0.25, 0.3) is 11.0 Å². The minimum absolute atomic E-state index is 0.189. The number of nitrogens with one attached hydrogen (secondary N) is 1. The third-order valence-electron chi connectivity index (χ3n) is 3.59. The molecular weight excluding hydrogens is 353 g/mol. The molecule has 0 aliphatic rings. The van der Waals surface area contributed by atoms with Crippen LogP contribution in [0, 0.1) is 6.92 Å². The number of carbonyl (C=O) groups is 1. The molecule has 2 aromatic heterocycles. The molecule has 0 spiro atoms. The van der Waals surface area contributed by atoms with E-state index in [2.05, 4.69) is 20.9 Å². The van der Waals surface area contributed by atoms with Gasteiger partial charge in [-0.1, -0.05) is 35.3 Å². The summed E-state index contributed by atoms with van der Waals surface area (Å²) in [6.07, 6.45) is 0.808. The lowest BCUT2D eigenvalue weighted by Gasteiger charge is -2.08. The summed E-state index contributed by atoms with van der Waals surface area (Å²) in [4.78, 5) is 16.6. The Morgan fingerprint density at radius 2 is 2.13 bits per heavy atom. The first-order valence-electron chi connectivity index (χ1n) is 7.21. The van der Waals surface area contributed by atoms with Crippen molar-refractivity contribution in [2.75, 3.05) is 6.54 Å². The Morgan fingerprint density at radius 3 is 2.87 bits per heavy atom. The number of rotatable bonds is 5. The highest BCUT2D eigenvalue weighted by Gasteiger charge is 2.13. The van der Waals surface area contributed by atoms with Gasteiger partial charge in [0.15, 0.2) is 0 Å². The second-order valence-electron chi connectivity index (χ2n) is 5.15. The van der Waals surface area contributed by atoms with E-state index in [1.807, 2.05) is 25.1 Å². The third kappa shape index (κ3) is 3.52. The van der Waals surface area contributed by atoms with E-state index in [-0.39, 0.29) is 5.91 Å². The van der Waals surface area contributed by atoms with E-state index in [4.69, 9.17) is 23.2 Å². The number of amides is 1.